The summed E-state index contributed by atoms with van der Waals surface area (Å²) >= 11 is 0. The van der Waals surface area contributed by atoms with E-state index in [9.17, 15) is 19.5 Å². The third-order valence-electron chi connectivity index (χ3n) is 8.68. The highest BCUT2D eigenvalue weighted by Gasteiger charge is 2.75. The maximum absolute atomic E-state index is 14.2. The second-order valence-electron chi connectivity index (χ2n) is 11.7. The second-order valence-corrected chi connectivity index (χ2v) is 11.7. The van der Waals surface area contributed by atoms with Crippen molar-refractivity contribution in [1.82, 2.24) is 10.2 Å². The monoisotopic (exact) mass is 533 g/mol. The maximum atomic E-state index is 14.2. The van der Waals surface area contributed by atoms with E-state index in [0.29, 0.717) is 31.5 Å². The Morgan fingerprint density at radius 3 is 2.41 bits per heavy atom. The minimum atomic E-state index is -1.11. The summed E-state index contributed by atoms with van der Waals surface area (Å²) in [5.41, 5.74) is 2.41. The third-order valence-corrected chi connectivity index (χ3v) is 8.68. The number of hydrogen-bond donors (Lipinski definition) is 3. The number of aliphatic hydroxyl groups excluding tert-OH is 1. The average Bonchev–Trinajstić information content (AvgIpc) is 3.56. The summed E-state index contributed by atoms with van der Waals surface area (Å²) in [6, 6.07) is 13.9. The number of fused-ring (bicyclic) bond motifs is 1. The number of carbonyl (C=O) groups is 3. The summed E-state index contributed by atoms with van der Waals surface area (Å²) in [4.78, 5) is 43.5. The van der Waals surface area contributed by atoms with E-state index < -0.39 is 35.6 Å². The molecule has 0 saturated carbocycles. The van der Waals surface area contributed by atoms with Crippen molar-refractivity contribution >= 4 is 23.4 Å². The van der Waals surface area contributed by atoms with Crippen LogP contribution in [-0.2, 0) is 25.7 Å². The molecular weight excluding hydrogens is 494 g/mol. The molecule has 5 rings (SSSR count). The predicted molar refractivity (Wildman–Crippen MR) is 148 cm³/mol. The summed E-state index contributed by atoms with van der Waals surface area (Å²) < 4.78 is 6.54. The van der Waals surface area contributed by atoms with Crippen LogP contribution >= 0.6 is 0 Å². The minimum Gasteiger partial charge on any atom is -0.394 e. The molecule has 3 aliphatic heterocycles. The van der Waals surface area contributed by atoms with Gasteiger partial charge in [0.1, 0.15) is 11.6 Å². The van der Waals surface area contributed by atoms with Crippen molar-refractivity contribution in [2.75, 3.05) is 11.9 Å². The van der Waals surface area contributed by atoms with E-state index in [2.05, 4.69) is 10.6 Å². The molecule has 3 amide bonds. The van der Waals surface area contributed by atoms with Gasteiger partial charge in [-0.3, -0.25) is 14.4 Å². The number of nitrogens with one attached hydrogen (secondary N) is 2. The first kappa shape index (κ1) is 27.3. The van der Waals surface area contributed by atoms with Crippen LogP contribution in [0.3, 0.4) is 0 Å². The lowest BCUT2D eigenvalue weighted by Gasteiger charge is -2.37. The lowest BCUT2D eigenvalue weighted by molar-refractivity contribution is -0.144. The lowest BCUT2D eigenvalue weighted by atomic mass is 9.70. The van der Waals surface area contributed by atoms with Crippen LogP contribution in [0.15, 0.2) is 48.5 Å². The molecule has 2 unspecified atom stereocenters. The van der Waals surface area contributed by atoms with E-state index in [1.54, 1.807) is 4.90 Å². The molecule has 8 heteroatoms. The van der Waals surface area contributed by atoms with Gasteiger partial charge in [-0.1, -0.05) is 62.4 Å². The number of carbonyl (C=O) groups excluding carboxylic acids is 3. The van der Waals surface area contributed by atoms with E-state index in [1.807, 2.05) is 76.2 Å². The smallest absolute Gasteiger partial charge is 0.250 e. The summed E-state index contributed by atoms with van der Waals surface area (Å²) in [5, 5.41) is 16.5. The number of likely N-dealkylation sites (tertiary alicyclic amines) is 1. The molecule has 0 aromatic heterocycles. The number of nitrogens with zero attached hydrogens (tertiary/aromatic N) is 1. The van der Waals surface area contributed by atoms with E-state index >= 15 is 0 Å². The molecular formula is C31H39N3O5. The van der Waals surface area contributed by atoms with Crippen molar-refractivity contribution in [2.45, 2.75) is 77.3 Å². The van der Waals surface area contributed by atoms with Gasteiger partial charge in [0.15, 0.2) is 0 Å². The zero-order valence-electron chi connectivity index (χ0n) is 23.1. The Morgan fingerprint density at radius 1 is 1.08 bits per heavy atom. The van der Waals surface area contributed by atoms with E-state index in [1.165, 1.54) is 0 Å². The van der Waals surface area contributed by atoms with Gasteiger partial charge in [-0.05, 0) is 55.7 Å². The first-order valence-electron chi connectivity index (χ1n) is 14.0. The van der Waals surface area contributed by atoms with Gasteiger partial charge >= 0.3 is 0 Å². The second kappa shape index (κ2) is 10.7. The summed E-state index contributed by atoms with van der Waals surface area (Å²) in [7, 11) is 0. The van der Waals surface area contributed by atoms with Crippen LogP contribution in [0.25, 0.3) is 0 Å². The fourth-order valence-electron chi connectivity index (χ4n) is 7.01. The van der Waals surface area contributed by atoms with Crippen LogP contribution in [0.1, 0.15) is 49.8 Å². The number of para-hydroxylation sites is 1. The number of hydrogen-bond acceptors (Lipinski definition) is 5. The molecule has 2 bridgehead atoms. The first-order chi connectivity index (χ1) is 18.7. The van der Waals surface area contributed by atoms with Crippen LogP contribution in [0, 0.1) is 31.6 Å². The Balaban J connectivity index is 1.49. The molecule has 0 aliphatic carbocycles. The van der Waals surface area contributed by atoms with Crippen LogP contribution in [0.5, 0.6) is 0 Å². The number of anilines is 1. The molecule has 3 N–H and O–H groups in total. The molecule has 8 nitrogen and oxygen atoms in total. The van der Waals surface area contributed by atoms with Crippen LogP contribution in [0.2, 0.25) is 0 Å². The Bertz CT molecular complexity index is 1230. The standard InChI is InChI=1S/C31H39N3O5/c1-18(2)15-22(17-35)34-27(29(37)33-26-19(3)9-8-10-20(26)4)31-14-13-23(39-31)24(25(31)30(34)38)28(36)32-16-21-11-6-5-7-12-21/h5-12,18,22-25,27,35H,13-17H2,1-4H3,(H,32,36)(H,33,37)/t22-,23+,24-,25+,27?,31?/m1/s1. The summed E-state index contributed by atoms with van der Waals surface area (Å²) in [6.45, 7) is 7.99. The van der Waals surface area contributed by atoms with E-state index in [-0.39, 0.29) is 30.2 Å². The lowest BCUT2D eigenvalue weighted by Crippen LogP contribution is -2.56. The minimum absolute atomic E-state index is 0.192. The summed E-state index contributed by atoms with van der Waals surface area (Å²) in [6.07, 6.45) is 1.22. The fraction of sp³-hybridized carbons (Fsp3) is 0.516. The maximum Gasteiger partial charge on any atom is 0.250 e. The molecule has 0 radical (unpaired) electrons. The van der Waals surface area contributed by atoms with Crippen LogP contribution in [0.4, 0.5) is 5.69 Å². The molecule has 3 fully saturated rings. The molecule has 3 aliphatic rings. The third kappa shape index (κ3) is 4.74. The zero-order valence-corrected chi connectivity index (χ0v) is 23.1. The Kier molecular flexibility index (Phi) is 7.53. The van der Waals surface area contributed by atoms with Crippen molar-refractivity contribution in [3.63, 3.8) is 0 Å². The number of rotatable bonds is 9. The molecule has 2 aromatic rings. The number of aliphatic hydroxyl groups is 1. The van der Waals surface area contributed by atoms with Gasteiger partial charge in [-0.15, -0.1) is 0 Å². The van der Waals surface area contributed by atoms with Crippen molar-refractivity contribution in [3.8, 4) is 0 Å². The van der Waals surface area contributed by atoms with Crippen molar-refractivity contribution in [1.29, 1.82) is 0 Å². The van der Waals surface area contributed by atoms with Crippen LogP contribution < -0.4 is 10.6 Å². The van der Waals surface area contributed by atoms with Gasteiger partial charge in [0.2, 0.25) is 17.7 Å². The molecule has 3 heterocycles. The van der Waals surface area contributed by atoms with Crippen molar-refractivity contribution in [3.05, 3.63) is 65.2 Å². The van der Waals surface area contributed by atoms with E-state index in [0.717, 1.165) is 16.7 Å². The van der Waals surface area contributed by atoms with Gasteiger partial charge in [0.25, 0.3) is 0 Å². The first-order valence-corrected chi connectivity index (χ1v) is 14.0. The Labute approximate surface area is 230 Å². The van der Waals surface area contributed by atoms with Gasteiger partial charge in [-0.2, -0.15) is 0 Å². The highest BCUT2D eigenvalue weighted by atomic mass is 16.5. The topological polar surface area (TPSA) is 108 Å². The SMILES string of the molecule is Cc1cccc(C)c1NC(=O)C1N([C@@H](CO)CC(C)C)C(=O)[C@@H]2[C@H](C(=O)NCc3ccccc3)[C@@H]3CCC12O3. The number of ether oxygens (including phenoxy) is 1. The predicted octanol–water partition coefficient (Wildman–Crippen LogP) is 3.34. The van der Waals surface area contributed by atoms with Crippen molar-refractivity contribution in [2.24, 2.45) is 17.8 Å². The number of amides is 3. The van der Waals surface area contributed by atoms with Gasteiger partial charge in [0, 0.05) is 12.2 Å². The average molecular weight is 534 g/mol. The van der Waals surface area contributed by atoms with Gasteiger partial charge < -0.3 is 25.4 Å². The van der Waals surface area contributed by atoms with Crippen molar-refractivity contribution < 1.29 is 24.2 Å². The van der Waals surface area contributed by atoms with Crippen LogP contribution in [-0.4, -0.2) is 58.1 Å². The normalized spacial score (nSPS) is 28.1. The van der Waals surface area contributed by atoms with E-state index in [4.69, 9.17) is 4.74 Å². The fourth-order valence-corrected chi connectivity index (χ4v) is 7.01. The highest BCUT2D eigenvalue weighted by Crippen LogP contribution is 2.59. The largest absolute Gasteiger partial charge is 0.394 e. The Hall–Kier alpha value is -3.23. The summed E-state index contributed by atoms with van der Waals surface area (Å²) in [5.74, 6) is -2.12. The highest BCUT2D eigenvalue weighted by molar-refractivity contribution is 6.04. The van der Waals surface area contributed by atoms with Gasteiger partial charge in [-0.25, -0.2) is 0 Å². The Morgan fingerprint density at radius 2 is 1.77 bits per heavy atom. The molecule has 2 aromatic carbocycles. The zero-order chi connectivity index (χ0) is 27.9. The quantitative estimate of drug-likeness (QED) is 0.458. The number of aryl methyl sites for hydroxylation is 2. The molecule has 3 saturated heterocycles. The molecule has 39 heavy (non-hydrogen) atoms. The van der Waals surface area contributed by atoms with Gasteiger partial charge in [0.05, 0.1) is 30.6 Å². The molecule has 208 valence electrons. The number of benzene rings is 2. The molecule has 1 spiro atoms. The molecule has 6 atom stereocenters.